The molecule has 176 valence electrons. The zero-order valence-corrected chi connectivity index (χ0v) is 18.3. The molecular weight excluding hydrogens is 432 g/mol. The van der Waals surface area contributed by atoms with Crippen molar-refractivity contribution in [1.82, 2.24) is 0 Å². The summed E-state index contributed by atoms with van der Waals surface area (Å²) in [6, 6.07) is 13.8. The maximum Gasteiger partial charge on any atom is 0.323 e. The maximum atomic E-state index is 11.1. The first-order valence-corrected chi connectivity index (χ1v) is 9.98. The zero-order chi connectivity index (χ0) is 24.8. The number of carbonyl (C=O) groups is 4. The molecule has 10 heteroatoms. The Morgan fingerprint density at radius 2 is 0.818 bits per heavy atom. The molecule has 0 radical (unpaired) electrons. The number of benzene rings is 2. The molecule has 2 rings (SSSR count). The van der Waals surface area contributed by atoms with Gasteiger partial charge < -0.3 is 30.2 Å². The molecule has 2 aromatic rings. The molecule has 2 aromatic carbocycles. The third-order valence-corrected chi connectivity index (χ3v) is 5.21. The van der Waals surface area contributed by atoms with Crippen LogP contribution in [0.1, 0.15) is 25.0 Å². The van der Waals surface area contributed by atoms with Crippen molar-refractivity contribution in [3.63, 3.8) is 0 Å². The van der Waals surface area contributed by atoms with Crippen molar-refractivity contribution in [2.24, 2.45) is 0 Å². The molecule has 0 unspecified atom stereocenters. The van der Waals surface area contributed by atoms with Crippen LogP contribution in [0, 0.1) is 0 Å². The minimum absolute atomic E-state index is 0.445. The van der Waals surface area contributed by atoms with E-state index < -0.39 is 55.5 Å². The molecule has 33 heavy (non-hydrogen) atoms. The number of hydrogen-bond acceptors (Lipinski definition) is 6. The lowest BCUT2D eigenvalue weighted by atomic mass is 9.78. The smallest absolute Gasteiger partial charge is 0.323 e. The first kappa shape index (κ1) is 25.2. The van der Waals surface area contributed by atoms with Crippen molar-refractivity contribution in [1.29, 1.82) is 0 Å². The van der Waals surface area contributed by atoms with Gasteiger partial charge in [-0.15, -0.1) is 0 Å². The van der Waals surface area contributed by atoms with Crippen LogP contribution in [-0.4, -0.2) is 70.5 Å². The zero-order valence-electron chi connectivity index (χ0n) is 18.3. The highest BCUT2D eigenvalue weighted by atomic mass is 16.4. The molecule has 4 N–H and O–H groups in total. The third kappa shape index (κ3) is 6.96. The van der Waals surface area contributed by atoms with Crippen molar-refractivity contribution in [2.75, 3.05) is 36.0 Å². The fourth-order valence-corrected chi connectivity index (χ4v) is 3.47. The van der Waals surface area contributed by atoms with E-state index in [-0.39, 0.29) is 0 Å². The van der Waals surface area contributed by atoms with Gasteiger partial charge in [0.15, 0.2) is 0 Å². The van der Waals surface area contributed by atoms with Crippen LogP contribution >= 0.6 is 0 Å². The molecule has 0 aromatic heterocycles. The van der Waals surface area contributed by atoms with Gasteiger partial charge >= 0.3 is 23.9 Å². The fraction of sp³-hybridized carbons (Fsp3) is 0.304. The summed E-state index contributed by atoms with van der Waals surface area (Å²) in [6.45, 7) is 2.16. The van der Waals surface area contributed by atoms with Crippen molar-refractivity contribution >= 4 is 35.3 Å². The van der Waals surface area contributed by atoms with E-state index in [1.807, 2.05) is 13.8 Å². The summed E-state index contributed by atoms with van der Waals surface area (Å²) in [5, 5.41) is 36.2. The second-order valence-electron chi connectivity index (χ2n) is 8.01. The van der Waals surface area contributed by atoms with Gasteiger partial charge in [-0.3, -0.25) is 19.2 Å². The van der Waals surface area contributed by atoms with E-state index in [1.54, 1.807) is 48.5 Å². The minimum atomic E-state index is -1.14. The molecule has 0 aliphatic rings. The number of carboxylic acid groups (broad SMARTS) is 4. The quantitative estimate of drug-likeness (QED) is 0.371. The number of aliphatic carboxylic acids is 4. The van der Waals surface area contributed by atoms with Gasteiger partial charge in [-0.2, -0.15) is 0 Å². The van der Waals surface area contributed by atoms with Gasteiger partial charge in [0.05, 0.1) is 0 Å². The predicted molar refractivity (Wildman–Crippen MR) is 120 cm³/mol. The molecule has 0 amide bonds. The second-order valence-corrected chi connectivity index (χ2v) is 8.01. The summed E-state index contributed by atoms with van der Waals surface area (Å²) in [6.07, 6.45) is 0. The summed E-state index contributed by atoms with van der Waals surface area (Å²) >= 11 is 0. The van der Waals surface area contributed by atoms with Crippen molar-refractivity contribution in [3.8, 4) is 0 Å². The predicted octanol–water partition coefficient (Wildman–Crippen LogP) is 1.96. The van der Waals surface area contributed by atoms with Crippen LogP contribution in [0.4, 0.5) is 11.4 Å². The van der Waals surface area contributed by atoms with Gasteiger partial charge in [0, 0.05) is 16.8 Å². The lowest BCUT2D eigenvalue weighted by molar-refractivity contribution is -0.138. The number of carboxylic acids is 4. The summed E-state index contributed by atoms with van der Waals surface area (Å²) < 4.78 is 0. The Kier molecular flexibility index (Phi) is 8.00. The highest BCUT2D eigenvalue weighted by molar-refractivity contribution is 5.80. The first-order chi connectivity index (χ1) is 15.4. The highest BCUT2D eigenvalue weighted by Gasteiger charge is 2.24. The number of hydrogen-bond donors (Lipinski definition) is 4. The molecule has 0 bridgehead atoms. The summed E-state index contributed by atoms with van der Waals surface area (Å²) in [5.41, 5.74) is 2.21. The Bertz CT molecular complexity index is 902. The summed E-state index contributed by atoms with van der Waals surface area (Å²) in [5.74, 6) is -4.55. The Labute approximate surface area is 190 Å². The highest BCUT2D eigenvalue weighted by Crippen LogP contribution is 2.33. The van der Waals surface area contributed by atoms with Gasteiger partial charge in [0.2, 0.25) is 0 Å². The fourth-order valence-electron chi connectivity index (χ4n) is 3.47. The number of anilines is 2. The SMILES string of the molecule is CC(C)(c1ccc(N(CC(=O)O)CC(=O)O)cc1)c1ccc(N(CC(=O)O)CC(=O)O)cc1. The van der Waals surface area contributed by atoms with E-state index in [0.717, 1.165) is 11.1 Å². The maximum absolute atomic E-state index is 11.1. The van der Waals surface area contributed by atoms with Crippen molar-refractivity contribution < 1.29 is 39.6 Å². The molecule has 0 heterocycles. The Hall–Kier alpha value is -4.08. The largest absolute Gasteiger partial charge is 0.480 e. The van der Waals surface area contributed by atoms with E-state index >= 15 is 0 Å². The van der Waals surface area contributed by atoms with Crippen molar-refractivity contribution in [2.45, 2.75) is 19.3 Å². The van der Waals surface area contributed by atoms with Gasteiger partial charge in [0.25, 0.3) is 0 Å². The second kappa shape index (κ2) is 10.5. The lowest BCUT2D eigenvalue weighted by Crippen LogP contribution is -2.34. The molecule has 0 aliphatic heterocycles. The molecule has 0 aliphatic carbocycles. The van der Waals surface area contributed by atoms with Crippen LogP contribution in [0.15, 0.2) is 48.5 Å². The molecule has 10 nitrogen and oxygen atoms in total. The third-order valence-electron chi connectivity index (χ3n) is 5.21. The van der Waals surface area contributed by atoms with Gasteiger partial charge in [-0.05, 0) is 35.4 Å². The standard InChI is InChI=1S/C23H26N2O8/c1-23(2,15-3-7-17(8-4-15)24(11-19(26)27)12-20(28)29)16-5-9-18(10-6-16)25(13-21(30)31)14-22(32)33/h3-10H,11-14H2,1-2H3,(H,26,27)(H,28,29)(H,30,31)(H,32,33). The Balaban J connectivity index is 2.28. The molecule has 0 spiro atoms. The van der Waals surface area contributed by atoms with Gasteiger partial charge in [-0.1, -0.05) is 38.1 Å². The van der Waals surface area contributed by atoms with Crippen LogP contribution in [0.3, 0.4) is 0 Å². The number of nitrogens with zero attached hydrogens (tertiary/aromatic N) is 2. The van der Waals surface area contributed by atoms with Crippen LogP contribution in [0.5, 0.6) is 0 Å². The van der Waals surface area contributed by atoms with Crippen LogP contribution in [-0.2, 0) is 24.6 Å². The van der Waals surface area contributed by atoms with Crippen molar-refractivity contribution in [3.05, 3.63) is 59.7 Å². The van der Waals surface area contributed by atoms with Gasteiger partial charge in [-0.25, -0.2) is 0 Å². The monoisotopic (exact) mass is 458 g/mol. The molecule has 0 atom stereocenters. The Morgan fingerprint density at radius 3 is 1.03 bits per heavy atom. The van der Waals surface area contributed by atoms with E-state index in [2.05, 4.69) is 0 Å². The average Bonchev–Trinajstić information content (AvgIpc) is 2.71. The number of rotatable bonds is 12. The van der Waals surface area contributed by atoms with E-state index in [4.69, 9.17) is 20.4 Å². The van der Waals surface area contributed by atoms with E-state index in [9.17, 15) is 19.2 Å². The van der Waals surface area contributed by atoms with E-state index in [1.165, 1.54) is 9.80 Å². The molecular formula is C23H26N2O8. The van der Waals surface area contributed by atoms with Crippen LogP contribution in [0.2, 0.25) is 0 Å². The summed E-state index contributed by atoms with van der Waals surface area (Å²) in [7, 11) is 0. The molecule has 0 saturated heterocycles. The lowest BCUT2D eigenvalue weighted by Gasteiger charge is -2.28. The Morgan fingerprint density at radius 1 is 0.576 bits per heavy atom. The normalized spacial score (nSPS) is 11.0. The van der Waals surface area contributed by atoms with Crippen LogP contribution < -0.4 is 9.80 Å². The van der Waals surface area contributed by atoms with E-state index in [0.29, 0.717) is 11.4 Å². The van der Waals surface area contributed by atoms with Gasteiger partial charge in [0.1, 0.15) is 26.2 Å². The first-order valence-electron chi connectivity index (χ1n) is 9.98. The summed E-state index contributed by atoms with van der Waals surface area (Å²) in [4.78, 5) is 46.8. The topological polar surface area (TPSA) is 156 Å². The minimum Gasteiger partial charge on any atom is -0.480 e. The average molecular weight is 458 g/mol. The molecule has 0 saturated carbocycles. The van der Waals surface area contributed by atoms with Crippen LogP contribution in [0.25, 0.3) is 0 Å². The molecule has 0 fully saturated rings.